The molecule has 0 saturated carbocycles. The fourth-order valence-corrected chi connectivity index (χ4v) is 1.97. The van der Waals surface area contributed by atoms with E-state index in [4.69, 9.17) is 17.2 Å². The number of primary amides is 2. The number of nitrogen functional groups attached to an aromatic ring is 1. The maximum absolute atomic E-state index is 11.2. The van der Waals surface area contributed by atoms with Crippen molar-refractivity contribution in [1.29, 1.82) is 0 Å². The molecule has 0 fully saturated rings. The average Bonchev–Trinajstić information content (AvgIpc) is 2.46. The van der Waals surface area contributed by atoms with Gasteiger partial charge in [-0.2, -0.15) is 0 Å². The van der Waals surface area contributed by atoms with E-state index >= 15 is 0 Å². The molecule has 0 bridgehead atoms. The number of rotatable bonds is 5. The molecule has 1 aromatic carbocycles. The highest BCUT2D eigenvalue weighted by Gasteiger charge is 2.08. The van der Waals surface area contributed by atoms with Gasteiger partial charge in [-0.3, -0.25) is 14.6 Å². The molecule has 0 aliphatic heterocycles. The van der Waals surface area contributed by atoms with Gasteiger partial charge in [-0.25, -0.2) is 0 Å². The van der Waals surface area contributed by atoms with E-state index in [2.05, 4.69) is 4.98 Å². The van der Waals surface area contributed by atoms with Crippen molar-refractivity contribution in [1.82, 2.24) is 4.98 Å². The third kappa shape index (κ3) is 3.56. The second-order valence-corrected chi connectivity index (χ2v) is 4.69. The number of aryl methyl sites for hydroxylation is 2. The summed E-state index contributed by atoms with van der Waals surface area (Å²) in [6.45, 7) is 0. The maximum Gasteiger partial charge on any atom is 0.250 e. The van der Waals surface area contributed by atoms with E-state index in [0.29, 0.717) is 18.4 Å². The first-order valence-corrected chi connectivity index (χ1v) is 6.40. The molecule has 108 valence electrons. The SMILES string of the molecule is NC(=O)c1ccc(CCc2cc(C(N)=O)c(N)cn2)cc1. The van der Waals surface area contributed by atoms with E-state index in [0.717, 1.165) is 11.3 Å². The lowest BCUT2D eigenvalue weighted by Crippen LogP contribution is -2.14. The van der Waals surface area contributed by atoms with Crippen molar-refractivity contribution in [3.63, 3.8) is 0 Å². The molecule has 2 rings (SSSR count). The molecule has 0 aliphatic carbocycles. The van der Waals surface area contributed by atoms with Crippen LogP contribution in [0.15, 0.2) is 36.5 Å². The Bertz CT molecular complexity index is 681. The minimum atomic E-state index is -0.568. The quantitative estimate of drug-likeness (QED) is 0.745. The van der Waals surface area contributed by atoms with Gasteiger partial charge in [0.1, 0.15) is 0 Å². The van der Waals surface area contributed by atoms with E-state index in [1.807, 2.05) is 12.1 Å². The first kappa shape index (κ1) is 14.5. The molecular weight excluding hydrogens is 268 g/mol. The smallest absolute Gasteiger partial charge is 0.250 e. The number of carbonyl (C=O) groups is 2. The third-order valence-corrected chi connectivity index (χ3v) is 3.17. The van der Waals surface area contributed by atoms with Crippen molar-refractivity contribution in [3.05, 3.63) is 58.9 Å². The van der Waals surface area contributed by atoms with E-state index in [1.54, 1.807) is 18.2 Å². The van der Waals surface area contributed by atoms with Gasteiger partial charge < -0.3 is 17.2 Å². The first-order valence-electron chi connectivity index (χ1n) is 6.40. The Balaban J connectivity index is 2.07. The summed E-state index contributed by atoms with van der Waals surface area (Å²) >= 11 is 0. The number of hydrogen-bond acceptors (Lipinski definition) is 4. The Morgan fingerprint density at radius 2 is 1.67 bits per heavy atom. The zero-order chi connectivity index (χ0) is 15.4. The van der Waals surface area contributed by atoms with Crippen LogP contribution in [0.5, 0.6) is 0 Å². The van der Waals surface area contributed by atoms with Crippen molar-refractivity contribution in [2.75, 3.05) is 5.73 Å². The van der Waals surface area contributed by atoms with Crippen LogP contribution < -0.4 is 17.2 Å². The Morgan fingerprint density at radius 1 is 1.00 bits per heavy atom. The predicted molar refractivity (Wildman–Crippen MR) is 79.5 cm³/mol. The van der Waals surface area contributed by atoms with Crippen LogP contribution >= 0.6 is 0 Å². The first-order chi connectivity index (χ1) is 9.97. The molecule has 6 heteroatoms. The molecule has 0 aliphatic rings. The van der Waals surface area contributed by atoms with Gasteiger partial charge in [-0.1, -0.05) is 12.1 Å². The molecule has 0 spiro atoms. The highest BCUT2D eigenvalue weighted by Crippen LogP contribution is 2.13. The number of hydrogen-bond donors (Lipinski definition) is 3. The number of pyridine rings is 1. The number of anilines is 1. The number of aromatic nitrogens is 1. The van der Waals surface area contributed by atoms with Crippen molar-refractivity contribution < 1.29 is 9.59 Å². The molecule has 0 atom stereocenters. The lowest BCUT2D eigenvalue weighted by atomic mass is 10.0. The largest absolute Gasteiger partial charge is 0.397 e. The second-order valence-electron chi connectivity index (χ2n) is 4.69. The summed E-state index contributed by atoms with van der Waals surface area (Å²) in [5.41, 5.74) is 18.9. The van der Waals surface area contributed by atoms with E-state index in [-0.39, 0.29) is 11.3 Å². The summed E-state index contributed by atoms with van der Waals surface area (Å²) in [5, 5.41) is 0. The number of nitrogens with two attached hydrogens (primary N) is 3. The molecule has 6 nitrogen and oxygen atoms in total. The number of benzene rings is 1. The van der Waals surface area contributed by atoms with Gasteiger partial charge in [0.05, 0.1) is 17.4 Å². The Hall–Kier alpha value is -2.89. The van der Waals surface area contributed by atoms with Crippen molar-refractivity contribution in [2.24, 2.45) is 11.5 Å². The van der Waals surface area contributed by atoms with E-state index in [9.17, 15) is 9.59 Å². The maximum atomic E-state index is 11.2. The normalized spacial score (nSPS) is 10.3. The van der Waals surface area contributed by atoms with Gasteiger partial charge in [0.25, 0.3) is 5.91 Å². The van der Waals surface area contributed by atoms with Gasteiger partial charge in [-0.15, -0.1) is 0 Å². The molecule has 21 heavy (non-hydrogen) atoms. The predicted octanol–water partition coefficient (Wildman–Crippen LogP) is 0.647. The van der Waals surface area contributed by atoms with Crippen LogP contribution in [0, 0.1) is 0 Å². The molecule has 1 heterocycles. The summed E-state index contributed by atoms with van der Waals surface area (Å²) in [4.78, 5) is 26.4. The van der Waals surface area contributed by atoms with Crippen LogP contribution in [0.3, 0.4) is 0 Å². The van der Waals surface area contributed by atoms with Crippen LogP contribution in [0.4, 0.5) is 5.69 Å². The minimum absolute atomic E-state index is 0.275. The van der Waals surface area contributed by atoms with Crippen molar-refractivity contribution >= 4 is 17.5 Å². The van der Waals surface area contributed by atoms with Gasteiger partial charge in [0.2, 0.25) is 5.91 Å². The van der Waals surface area contributed by atoms with Crippen LogP contribution in [0.2, 0.25) is 0 Å². The van der Waals surface area contributed by atoms with Gasteiger partial charge >= 0.3 is 0 Å². The zero-order valence-corrected chi connectivity index (χ0v) is 11.4. The fraction of sp³-hybridized carbons (Fsp3) is 0.133. The summed E-state index contributed by atoms with van der Waals surface area (Å²) in [5.74, 6) is -1.02. The van der Waals surface area contributed by atoms with Crippen molar-refractivity contribution in [2.45, 2.75) is 12.8 Å². The molecule has 2 aromatic rings. The molecule has 1 aromatic heterocycles. The second kappa shape index (κ2) is 6.04. The molecule has 6 N–H and O–H groups in total. The molecule has 2 amide bonds. The van der Waals surface area contributed by atoms with Crippen LogP contribution in [-0.4, -0.2) is 16.8 Å². The van der Waals surface area contributed by atoms with E-state index in [1.165, 1.54) is 6.20 Å². The standard InChI is InChI=1S/C15H16N4O2/c16-13-8-19-11(7-12(13)15(18)21)6-3-9-1-4-10(5-2-9)14(17)20/h1-2,4-5,7-8H,3,6,16H2,(H2,17,20)(H2,18,21). The number of nitrogens with zero attached hydrogens (tertiary/aromatic N) is 1. The van der Waals surface area contributed by atoms with Crippen LogP contribution in [0.1, 0.15) is 32.0 Å². The van der Waals surface area contributed by atoms with Gasteiger partial charge in [-0.05, 0) is 36.6 Å². The third-order valence-electron chi connectivity index (χ3n) is 3.17. The highest BCUT2D eigenvalue weighted by atomic mass is 16.1. The monoisotopic (exact) mass is 284 g/mol. The van der Waals surface area contributed by atoms with Crippen LogP contribution in [-0.2, 0) is 12.8 Å². The fourth-order valence-electron chi connectivity index (χ4n) is 1.97. The number of amides is 2. The Labute approximate surface area is 122 Å². The Kier molecular flexibility index (Phi) is 4.18. The molecular formula is C15H16N4O2. The molecule has 0 unspecified atom stereocenters. The lowest BCUT2D eigenvalue weighted by Gasteiger charge is -2.06. The molecule has 0 saturated heterocycles. The topological polar surface area (TPSA) is 125 Å². The van der Waals surface area contributed by atoms with Crippen molar-refractivity contribution in [3.8, 4) is 0 Å². The summed E-state index contributed by atoms with van der Waals surface area (Å²) in [6.07, 6.45) is 2.79. The lowest BCUT2D eigenvalue weighted by molar-refractivity contribution is 0.0992. The summed E-state index contributed by atoms with van der Waals surface area (Å²) in [6, 6.07) is 8.65. The summed E-state index contributed by atoms with van der Waals surface area (Å²) in [7, 11) is 0. The molecule has 0 radical (unpaired) electrons. The van der Waals surface area contributed by atoms with Crippen LogP contribution in [0.25, 0.3) is 0 Å². The summed E-state index contributed by atoms with van der Waals surface area (Å²) < 4.78 is 0. The Morgan fingerprint density at radius 3 is 2.24 bits per heavy atom. The highest BCUT2D eigenvalue weighted by molar-refractivity contribution is 5.97. The van der Waals surface area contributed by atoms with E-state index < -0.39 is 11.8 Å². The minimum Gasteiger partial charge on any atom is -0.397 e. The van der Waals surface area contributed by atoms with Gasteiger partial charge in [0, 0.05) is 11.3 Å². The van der Waals surface area contributed by atoms with Gasteiger partial charge in [0.15, 0.2) is 0 Å². The average molecular weight is 284 g/mol. The number of carbonyl (C=O) groups excluding carboxylic acids is 2. The zero-order valence-electron chi connectivity index (χ0n) is 11.4.